The Kier molecular flexibility index (Phi) is 5.39. The van der Waals surface area contributed by atoms with Crippen LogP contribution in [0.25, 0.3) is 0 Å². The molecular formula is C20H28N4O3. The van der Waals surface area contributed by atoms with Gasteiger partial charge in [-0.3, -0.25) is 14.4 Å². The minimum absolute atomic E-state index is 0.00145. The number of nitrogens with zero attached hydrogens (tertiary/aromatic N) is 3. The summed E-state index contributed by atoms with van der Waals surface area (Å²) < 4.78 is 0. The van der Waals surface area contributed by atoms with Gasteiger partial charge in [0.25, 0.3) is 5.91 Å². The van der Waals surface area contributed by atoms with E-state index < -0.39 is 5.91 Å². The highest BCUT2D eigenvalue weighted by molar-refractivity contribution is 5.95. The molecule has 2 N–H and O–H groups in total. The molecule has 0 atom stereocenters. The van der Waals surface area contributed by atoms with Crippen LogP contribution in [-0.4, -0.2) is 67.8 Å². The normalized spacial score (nSPS) is 19.3. The van der Waals surface area contributed by atoms with Crippen molar-refractivity contribution in [2.75, 3.05) is 45.2 Å². The van der Waals surface area contributed by atoms with Gasteiger partial charge in [0.15, 0.2) is 0 Å². The van der Waals surface area contributed by atoms with Crippen molar-refractivity contribution >= 4 is 23.4 Å². The molecule has 2 heterocycles. The van der Waals surface area contributed by atoms with Gasteiger partial charge in [0.2, 0.25) is 11.8 Å². The van der Waals surface area contributed by atoms with Gasteiger partial charge in [-0.25, -0.2) is 0 Å². The summed E-state index contributed by atoms with van der Waals surface area (Å²) >= 11 is 0. The second kappa shape index (κ2) is 7.58. The number of carbonyl (C=O) groups excluding carboxylic acids is 3. The maximum absolute atomic E-state index is 12.9. The van der Waals surface area contributed by atoms with E-state index in [2.05, 4.69) is 0 Å². The van der Waals surface area contributed by atoms with Crippen molar-refractivity contribution in [1.82, 2.24) is 9.80 Å². The van der Waals surface area contributed by atoms with Gasteiger partial charge in [-0.1, -0.05) is 6.07 Å². The number of hydrogen-bond acceptors (Lipinski definition) is 4. The first-order valence-corrected chi connectivity index (χ1v) is 9.42. The molecule has 3 rings (SSSR count). The van der Waals surface area contributed by atoms with Crippen LogP contribution in [0.1, 0.15) is 36.0 Å². The predicted molar refractivity (Wildman–Crippen MR) is 103 cm³/mol. The standard InChI is InChI=1S/C20H28N4O3/c1-22(2)16-5-3-4-15(12-16)19(27)23-10-8-20(9-11-23)7-6-18(26)24(14-20)13-17(21)25/h3-5,12H,6-11,13-14H2,1-2H3,(H2,21,25). The highest BCUT2D eigenvalue weighted by atomic mass is 16.2. The molecule has 2 fully saturated rings. The van der Waals surface area contributed by atoms with Crippen LogP contribution in [0.5, 0.6) is 0 Å². The van der Waals surface area contributed by atoms with Crippen LogP contribution in [0.2, 0.25) is 0 Å². The smallest absolute Gasteiger partial charge is 0.253 e. The third-order valence-corrected chi connectivity index (χ3v) is 5.82. The van der Waals surface area contributed by atoms with Gasteiger partial charge < -0.3 is 20.4 Å². The molecule has 7 heteroatoms. The first-order chi connectivity index (χ1) is 12.8. The van der Waals surface area contributed by atoms with E-state index in [1.807, 2.05) is 48.2 Å². The molecule has 1 aromatic carbocycles. The van der Waals surface area contributed by atoms with E-state index in [1.165, 1.54) is 0 Å². The molecule has 146 valence electrons. The number of carbonyl (C=O) groups is 3. The molecule has 2 aliphatic heterocycles. The molecule has 0 bridgehead atoms. The lowest BCUT2D eigenvalue weighted by atomic mass is 9.72. The molecule has 7 nitrogen and oxygen atoms in total. The first kappa shape index (κ1) is 19.2. The van der Waals surface area contributed by atoms with Crippen molar-refractivity contribution in [2.45, 2.75) is 25.7 Å². The summed E-state index contributed by atoms with van der Waals surface area (Å²) in [6, 6.07) is 7.66. The van der Waals surface area contributed by atoms with Crippen LogP contribution in [-0.2, 0) is 9.59 Å². The molecular weight excluding hydrogens is 344 g/mol. The zero-order valence-corrected chi connectivity index (χ0v) is 16.1. The molecule has 1 spiro atoms. The van der Waals surface area contributed by atoms with E-state index in [9.17, 15) is 14.4 Å². The third-order valence-electron chi connectivity index (χ3n) is 5.82. The van der Waals surface area contributed by atoms with Gasteiger partial charge in [0.1, 0.15) is 0 Å². The Labute approximate surface area is 160 Å². The van der Waals surface area contributed by atoms with Crippen LogP contribution in [0.3, 0.4) is 0 Å². The van der Waals surface area contributed by atoms with E-state index >= 15 is 0 Å². The molecule has 0 radical (unpaired) electrons. The van der Waals surface area contributed by atoms with Gasteiger partial charge in [0, 0.05) is 51.4 Å². The van der Waals surface area contributed by atoms with E-state index in [1.54, 1.807) is 4.90 Å². The maximum Gasteiger partial charge on any atom is 0.253 e. The molecule has 0 aliphatic carbocycles. The number of amides is 3. The van der Waals surface area contributed by atoms with Crippen molar-refractivity contribution in [3.05, 3.63) is 29.8 Å². The van der Waals surface area contributed by atoms with Gasteiger partial charge >= 0.3 is 0 Å². The average Bonchev–Trinajstić information content (AvgIpc) is 2.65. The van der Waals surface area contributed by atoms with Gasteiger partial charge in [0.05, 0.1) is 6.54 Å². The van der Waals surface area contributed by atoms with Crippen molar-refractivity contribution in [2.24, 2.45) is 11.1 Å². The van der Waals surface area contributed by atoms with Crippen LogP contribution >= 0.6 is 0 Å². The molecule has 27 heavy (non-hydrogen) atoms. The Balaban J connectivity index is 1.64. The SMILES string of the molecule is CN(C)c1cccc(C(=O)N2CCC3(CCC(=O)N(CC(N)=O)C3)CC2)c1. The number of rotatable bonds is 4. The van der Waals surface area contributed by atoms with E-state index in [-0.39, 0.29) is 23.8 Å². The quantitative estimate of drug-likeness (QED) is 0.857. The Hall–Kier alpha value is -2.57. The number of nitrogens with two attached hydrogens (primary N) is 1. The Morgan fingerprint density at radius 2 is 1.89 bits per heavy atom. The van der Waals surface area contributed by atoms with Crippen LogP contribution in [0, 0.1) is 5.41 Å². The first-order valence-electron chi connectivity index (χ1n) is 9.42. The van der Waals surface area contributed by atoms with Crippen molar-refractivity contribution in [3.8, 4) is 0 Å². The summed E-state index contributed by atoms with van der Waals surface area (Å²) in [7, 11) is 3.91. The average molecular weight is 372 g/mol. The number of likely N-dealkylation sites (tertiary alicyclic amines) is 2. The number of anilines is 1. The largest absolute Gasteiger partial charge is 0.378 e. The van der Waals surface area contributed by atoms with Gasteiger partial charge in [-0.05, 0) is 42.9 Å². The number of benzene rings is 1. The fourth-order valence-electron chi connectivity index (χ4n) is 4.13. The second-order valence-electron chi connectivity index (χ2n) is 7.95. The summed E-state index contributed by atoms with van der Waals surface area (Å²) in [6.07, 6.45) is 2.95. The number of primary amides is 1. The lowest BCUT2D eigenvalue weighted by Crippen LogP contribution is -2.53. The van der Waals surface area contributed by atoms with E-state index in [4.69, 9.17) is 5.73 Å². The number of hydrogen-bond donors (Lipinski definition) is 1. The predicted octanol–water partition coefficient (Wildman–Crippen LogP) is 1.08. The highest BCUT2D eigenvalue weighted by Crippen LogP contribution is 2.40. The fourth-order valence-corrected chi connectivity index (χ4v) is 4.13. The monoisotopic (exact) mass is 372 g/mol. The molecule has 0 unspecified atom stereocenters. The van der Waals surface area contributed by atoms with Crippen LogP contribution in [0.4, 0.5) is 5.69 Å². The lowest BCUT2D eigenvalue weighted by molar-refractivity contribution is -0.142. The Morgan fingerprint density at radius 3 is 2.52 bits per heavy atom. The molecule has 3 amide bonds. The molecule has 2 saturated heterocycles. The Morgan fingerprint density at radius 1 is 1.19 bits per heavy atom. The topological polar surface area (TPSA) is 87.0 Å². The zero-order chi connectivity index (χ0) is 19.6. The minimum atomic E-state index is -0.478. The fraction of sp³-hybridized carbons (Fsp3) is 0.550. The minimum Gasteiger partial charge on any atom is -0.378 e. The van der Waals surface area contributed by atoms with Crippen molar-refractivity contribution < 1.29 is 14.4 Å². The van der Waals surface area contributed by atoms with Crippen LogP contribution in [0.15, 0.2) is 24.3 Å². The summed E-state index contributed by atoms with van der Waals surface area (Å²) in [6.45, 7) is 1.89. The second-order valence-corrected chi connectivity index (χ2v) is 7.95. The summed E-state index contributed by atoms with van der Waals surface area (Å²) in [5, 5.41) is 0. The molecule has 0 saturated carbocycles. The summed E-state index contributed by atoms with van der Waals surface area (Å²) in [5.74, 6) is -0.429. The maximum atomic E-state index is 12.9. The van der Waals surface area contributed by atoms with Gasteiger partial charge in [-0.15, -0.1) is 0 Å². The van der Waals surface area contributed by atoms with Gasteiger partial charge in [-0.2, -0.15) is 0 Å². The van der Waals surface area contributed by atoms with Crippen molar-refractivity contribution in [1.29, 1.82) is 0 Å². The lowest BCUT2D eigenvalue weighted by Gasteiger charge is -2.47. The van der Waals surface area contributed by atoms with E-state index in [0.717, 1.165) is 24.9 Å². The highest BCUT2D eigenvalue weighted by Gasteiger charge is 2.42. The molecule has 0 aromatic heterocycles. The summed E-state index contributed by atoms with van der Waals surface area (Å²) in [5.41, 5.74) is 6.97. The van der Waals surface area contributed by atoms with E-state index in [0.29, 0.717) is 31.6 Å². The zero-order valence-electron chi connectivity index (χ0n) is 16.1. The summed E-state index contributed by atoms with van der Waals surface area (Å²) in [4.78, 5) is 41.6. The number of piperidine rings is 2. The molecule has 1 aromatic rings. The van der Waals surface area contributed by atoms with Crippen molar-refractivity contribution in [3.63, 3.8) is 0 Å². The molecule has 2 aliphatic rings. The van der Waals surface area contributed by atoms with Crippen LogP contribution < -0.4 is 10.6 Å². The Bertz CT molecular complexity index is 738. The third kappa shape index (κ3) is 4.23.